The second-order valence-electron chi connectivity index (χ2n) is 5.50. The van der Waals surface area contributed by atoms with Crippen molar-refractivity contribution in [1.82, 2.24) is 4.98 Å². The topological polar surface area (TPSA) is 71.5 Å². The number of halogens is 1. The molecule has 6 nitrogen and oxygen atoms in total. The van der Waals surface area contributed by atoms with E-state index in [9.17, 15) is 8.42 Å². The Morgan fingerprint density at radius 3 is 2.54 bits per heavy atom. The van der Waals surface area contributed by atoms with Gasteiger partial charge >= 0.3 is 0 Å². The summed E-state index contributed by atoms with van der Waals surface area (Å²) in [7, 11) is -2.29. The summed E-state index contributed by atoms with van der Waals surface area (Å²) in [5.74, 6) is 0.689. The van der Waals surface area contributed by atoms with Gasteiger partial charge in [0.1, 0.15) is 11.6 Å². The van der Waals surface area contributed by atoms with Gasteiger partial charge in [0.2, 0.25) is 0 Å². The summed E-state index contributed by atoms with van der Waals surface area (Å²) in [5.41, 5.74) is 1.00. The van der Waals surface area contributed by atoms with Crippen LogP contribution < -0.4 is 14.4 Å². The number of pyridine rings is 1. The summed E-state index contributed by atoms with van der Waals surface area (Å²) in [5, 5.41) is 0.234. The molecule has 0 unspecified atom stereocenters. The van der Waals surface area contributed by atoms with E-state index in [2.05, 4.69) is 14.6 Å². The Balaban J connectivity index is 1.77. The molecule has 1 aliphatic heterocycles. The fourth-order valence-electron chi connectivity index (χ4n) is 2.62. The maximum Gasteiger partial charge on any atom is 0.263 e. The van der Waals surface area contributed by atoms with Crippen LogP contribution in [0.25, 0.3) is 0 Å². The first-order valence-corrected chi connectivity index (χ1v) is 9.43. The molecular weight excluding hydrogens is 350 g/mol. The van der Waals surface area contributed by atoms with Crippen molar-refractivity contribution in [1.29, 1.82) is 0 Å². The molecule has 3 rings (SSSR count). The van der Waals surface area contributed by atoms with Gasteiger partial charge in [0.15, 0.2) is 0 Å². The third-order valence-electron chi connectivity index (χ3n) is 3.89. The van der Waals surface area contributed by atoms with E-state index in [0.29, 0.717) is 5.75 Å². The molecule has 0 bridgehead atoms. The van der Waals surface area contributed by atoms with Crippen LogP contribution in [-0.4, -0.2) is 33.6 Å². The smallest absolute Gasteiger partial charge is 0.263 e. The van der Waals surface area contributed by atoms with Crippen molar-refractivity contribution in [3.63, 3.8) is 0 Å². The predicted octanol–water partition coefficient (Wildman–Crippen LogP) is 3.14. The van der Waals surface area contributed by atoms with Crippen molar-refractivity contribution < 1.29 is 13.2 Å². The normalized spacial score (nSPS) is 14.7. The minimum absolute atomic E-state index is 0.0544. The highest BCUT2D eigenvalue weighted by atomic mass is 35.5. The minimum atomic E-state index is -3.76. The third-order valence-corrected chi connectivity index (χ3v) is 5.54. The van der Waals surface area contributed by atoms with Gasteiger partial charge in [-0.05, 0) is 43.2 Å². The van der Waals surface area contributed by atoms with Gasteiger partial charge in [-0.2, -0.15) is 0 Å². The summed E-state index contributed by atoms with van der Waals surface area (Å²) >= 11 is 5.99. The van der Waals surface area contributed by atoms with E-state index in [-0.39, 0.29) is 15.7 Å². The number of rotatable bonds is 5. The molecule has 2 aromatic rings. The fourth-order valence-corrected chi connectivity index (χ4v) is 3.98. The molecule has 24 heavy (non-hydrogen) atoms. The summed E-state index contributed by atoms with van der Waals surface area (Å²) < 4.78 is 32.4. The van der Waals surface area contributed by atoms with Crippen LogP contribution in [0.15, 0.2) is 41.4 Å². The van der Waals surface area contributed by atoms with Crippen LogP contribution in [0.3, 0.4) is 0 Å². The van der Waals surface area contributed by atoms with E-state index in [1.165, 1.54) is 38.2 Å². The van der Waals surface area contributed by atoms with Gasteiger partial charge in [0.25, 0.3) is 10.0 Å². The van der Waals surface area contributed by atoms with Gasteiger partial charge in [0, 0.05) is 13.1 Å². The first kappa shape index (κ1) is 16.9. The first-order chi connectivity index (χ1) is 11.5. The second-order valence-corrected chi connectivity index (χ2v) is 7.59. The van der Waals surface area contributed by atoms with Gasteiger partial charge in [-0.25, -0.2) is 13.4 Å². The van der Waals surface area contributed by atoms with E-state index < -0.39 is 10.0 Å². The quantitative estimate of drug-likeness (QED) is 0.878. The van der Waals surface area contributed by atoms with Crippen molar-refractivity contribution in [2.24, 2.45) is 0 Å². The van der Waals surface area contributed by atoms with E-state index in [1.807, 2.05) is 6.07 Å². The molecule has 8 heteroatoms. The zero-order valence-corrected chi connectivity index (χ0v) is 14.8. The van der Waals surface area contributed by atoms with Gasteiger partial charge in [-0.1, -0.05) is 11.6 Å². The zero-order chi connectivity index (χ0) is 17.2. The molecule has 1 N–H and O–H groups in total. The lowest BCUT2D eigenvalue weighted by atomic mass is 10.3. The van der Waals surface area contributed by atoms with Gasteiger partial charge in [-0.15, -0.1) is 0 Å². The number of ether oxygens (including phenoxy) is 1. The summed E-state index contributed by atoms with van der Waals surface area (Å²) in [6.45, 7) is 2.02. The molecule has 0 spiro atoms. The molecular formula is C16H18ClN3O3S. The number of nitrogens with zero attached hydrogens (tertiary/aromatic N) is 2. The zero-order valence-electron chi connectivity index (χ0n) is 13.2. The van der Waals surface area contributed by atoms with Crippen LogP contribution >= 0.6 is 11.6 Å². The predicted molar refractivity (Wildman–Crippen MR) is 94.5 cm³/mol. The van der Waals surface area contributed by atoms with Gasteiger partial charge < -0.3 is 9.64 Å². The van der Waals surface area contributed by atoms with Gasteiger partial charge in [-0.3, -0.25) is 4.72 Å². The molecule has 128 valence electrons. The largest absolute Gasteiger partial charge is 0.495 e. The molecule has 1 fully saturated rings. The maximum absolute atomic E-state index is 12.4. The van der Waals surface area contributed by atoms with E-state index >= 15 is 0 Å². The third kappa shape index (κ3) is 3.57. The summed E-state index contributed by atoms with van der Waals surface area (Å²) in [4.78, 5) is 6.49. The number of hydrogen-bond donors (Lipinski definition) is 1. The van der Waals surface area contributed by atoms with Crippen molar-refractivity contribution in [2.45, 2.75) is 17.7 Å². The van der Waals surface area contributed by atoms with Crippen molar-refractivity contribution in [2.75, 3.05) is 29.8 Å². The highest BCUT2D eigenvalue weighted by Gasteiger charge is 2.18. The number of sulfonamides is 1. The second kappa shape index (κ2) is 6.86. The number of aromatic nitrogens is 1. The standard InChI is InChI=1S/C16H18ClN3O3S/c1-23-15-6-5-13(10-14(15)17)24(21,22)19-16-7-4-12(11-18-16)20-8-2-3-9-20/h4-7,10-11H,2-3,8-9H2,1H3,(H,18,19). The van der Waals surface area contributed by atoms with Crippen molar-refractivity contribution in [3.05, 3.63) is 41.6 Å². The number of nitrogens with one attached hydrogen (secondary N) is 1. The lowest BCUT2D eigenvalue weighted by Gasteiger charge is -2.17. The molecule has 0 atom stereocenters. The van der Waals surface area contributed by atoms with Crippen LogP contribution in [0.2, 0.25) is 5.02 Å². The maximum atomic E-state index is 12.4. The number of methoxy groups -OCH3 is 1. The minimum Gasteiger partial charge on any atom is -0.495 e. The van der Waals surface area contributed by atoms with E-state index in [4.69, 9.17) is 16.3 Å². The summed E-state index contributed by atoms with van der Waals surface area (Å²) in [6, 6.07) is 7.83. The highest BCUT2D eigenvalue weighted by Crippen LogP contribution is 2.28. The Morgan fingerprint density at radius 2 is 1.96 bits per heavy atom. The monoisotopic (exact) mass is 367 g/mol. The Kier molecular flexibility index (Phi) is 4.82. The molecule has 2 heterocycles. The van der Waals surface area contributed by atoms with E-state index in [1.54, 1.807) is 12.3 Å². The Morgan fingerprint density at radius 1 is 1.21 bits per heavy atom. The molecule has 1 aromatic heterocycles. The van der Waals surface area contributed by atoms with Crippen molar-refractivity contribution in [3.8, 4) is 5.75 Å². The molecule has 0 radical (unpaired) electrons. The lowest BCUT2D eigenvalue weighted by molar-refractivity contribution is 0.414. The molecule has 0 saturated carbocycles. The van der Waals surface area contributed by atoms with E-state index in [0.717, 1.165) is 18.8 Å². The molecule has 0 amide bonds. The number of benzene rings is 1. The van der Waals surface area contributed by atoms with Crippen LogP contribution in [0, 0.1) is 0 Å². The lowest BCUT2D eigenvalue weighted by Crippen LogP contribution is -2.18. The van der Waals surface area contributed by atoms with Crippen LogP contribution in [0.5, 0.6) is 5.75 Å². The molecule has 1 aliphatic rings. The van der Waals surface area contributed by atoms with Gasteiger partial charge in [0.05, 0.1) is 28.9 Å². The highest BCUT2D eigenvalue weighted by molar-refractivity contribution is 7.92. The molecule has 1 saturated heterocycles. The number of anilines is 2. The summed E-state index contributed by atoms with van der Waals surface area (Å²) in [6.07, 6.45) is 4.03. The Bertz CT molecular complexity index is 819. The average Bonchev–Trinajstić information content (AvgIpc) is 3.09. The molecule has 1 aromatic carbocycles. The molecule has 0 aliphatic carbocycles. The Hall–Kier alpha value is -1.99. The average molecular weight is 368 g/mol. The van der Waals surface area contributed by atoms with Crippen LogP contribution in [0.4, 0.5) is 11.5 Å². The fraction of sp³-hybridized carbons (Fsp3) is 0.312. The van der Waals surface area contributed by atoms with Crippen LogP contribution in [0.1, 0.15) is 12.8 Å². The van der Waals surface area contributed by atoms with Crippen molar-refractivity contribution >= 4 is 33.1 Å². The first-order valence-electron chi connectivity index (χ1n) is 7.57. The Labute approximate surface area is 146 Å². The van der Waals surface area contributed by atoms with Crippen LogP contribution in [-0.2, 0) is 10.0 Å². The SMILES string of the molecule is COc1ccc(S(=O)(=O)Nc2ccc(N3CCCC3)cn2)cc1Cl. The number of hydrogen-bond acceptors (Lipinski definition) is 5.